The Morgan fingerprint density at radius 1 is 1.29 bits per heavy atom. The molecule has 3 rings (SSSR count). The van der Waals surface area contributed by atoms with Gasteiger partial charge in [0.2, 0.25) is 0 Å². The Morgan fingerprint density at radius 2 is 2.12 bits per heavy atom. The van der Waals surface area contributed by atoms with Crippen molar-refractivity contribution >= 4 is 0 Å². The molecule has 24 heavy (non-hydrogen) atoms. The average Bonchev–Trinajstić information content (AvgIpc) is 2.98. The van der Waals surface area contributed by atoms with Gasteiger partial charge in [-0.25, -0.2) is 0 Å². The van der Waals surface area contributed by atoms with Crippen LogP contribution in [0.1, 0.15) is 38.4 Å². The molecule has 5 heteroatoms. The van der Waals surface area contributed by atoms with Gasteiger partial charge in [0.1, 0.15) is 0 Å². The first-order valence-corrected chi connectivity index (χ1v) is 8.76. The average molecular weight is 329 g/mol. The molecule has 0 radical (unpaired) electrons. The van der Waals surface area contributed by atoms with Crippen LogP contribution < -0.4 is 9.47 Å². The van der Waals surface area contributed by atoms with Crippen LogP contribution in [-0.2, 0) is 13.0 Å². The first-order valence-electron chi connectivity index (χ1n) is 8.76. The minimum Gasteiger partial charge on any atom is -0.493 e. The lowest BCUT2D eigenvalue weighted by Gasteiger charge is -2.26. The van der Waals surface area contributed by atoms with E-state index in [2.05, 4.69) is 28.1 Å². The third kappa shape index (κ3) is 3.41. The van der Waals surface area contributed by atoms with Crippen LogP contribution in [-0.4, -0.2) is 41.4 Å². The fourth-order valence-corrected chi connectivity index (χ4v) is 3.26. The van der Waals surface area contributed by atoms with Crippen molar-refractivity contribution in [3.05, 3.63) is 29.5 Å². The highest BCUT2D eigenvalue weighted by Gasteiger charge is 2.23. The Balaban J connectivity index is 1.91. The Bertz CT molecular complexity index is 694. The predicted octanol–water partition coefficient (Wildman–Crippen LogP) is 3.64. The van der Waals surface area contributed by atoms with Gasteiger partial charge >= 0.3 is 0 Å². The van der Waals surface area contributed by atoms with Crippen molar-refractivity contribution in [1.82, 2.24) is 15.1 Å². The zero-order valence-corrected chi connectivity index (χ0v) is 15.1. The van der Waals surface area contributed by atoms with Gasteiger partial charge in [-0.15, -0.1) is 0 Å². The smallest absolute Gasteiger partial charge is 0.161 e. The lowest BCUT2D eigenvalue weighted by molar-refractivity contribution is 0.230. The summed E-state index contributed by atoms with van der Waals surface area (Å²) in [6.45, 7) is 9.45. The molecule has 130 valence electrons. The number of H-pyrrole nitrogens is 1. The molecule has 0 bridgehead atoms. The number of rotatable bonds is 6. The van der Waals surface area contributed by atoms with Gasteiger partial charge in [-0.2, -0.15) is 5.10 Å². The number of methoxy groups -OCH3 is 1. The lowest BCUT2D eigenvalue weighted by atomic mass is 10.0. The van der Waals surface area contributed by atoms with E-state index < -0.39 is 0 Å². The van der Waals surface area contributed by atoms with Gasteiger partial charge in [0.15, 0.2) is 11.5 Å². The summed E-state index contributed by atoms with van der Waals surface area (Å²) in [5.74, 6) is 1.52. The first kappa shape index (κ1) is 16.8. The predicted molar refractivity (Wildman–Crippen MR) is 95.6 cm³/mol. The molecule has 5 nitrogen and oxygen atoms in total. The summed E-state index contributed by atoms with van der Waals surface area (Å²) in [5, 5.41) is 7.80. The molecule has 2 aromatic rings. The highest BCUT2D eigenvalue weighted by atomic mass is 16.5. The first-order chi connectivity index (χ1) is 11.6. The highest BCUT2D eigenvalue weighted by Crippen LogP contribution is 2.35. The standard InChI is InChI=1S/C19H27N3O2/c1-5-9-22-10-8-16-15(12-22)19(21-20-16)14-6-7-17(24-13(2)3)18(11-14)23-4/h6-7,11,13H,5,8-10,12H2,1-4H3,(H,20,21). The third-order valence-corrected chi connectivity index (χ3v) is 4.35. The normalized spacial score (nSPS) is 14.7. The van der Waals surface area contributed by atoms with Crippen LogP contribution in [0.25, 0.3) is 11.3 Å². The van der Waals surface area contributed by atoms with Crippen molar-refractivity contribution in [2.75, 3.05) is 20.2 Å². The third-order valence-electron chi connectivity index (χ3n) is 4.35. The van der Waals surface area contributed by atoms with E-state index in [-0.39, 0.29) is 6.10 Å². The Labute approximate surface area is 144 Å². The fraction of sp³-hybridized carbons (Fsp3) is 0.526. The molecule has 1 aliphatic heterocycles. The number of hydrogen-bond donors (Lipinski definition) is 1. The maximum Gasteiger partial charge on any atom is 0.161 e. The molecule has 0 fully saturated rings. The van der Waals surface area contributed by atoms with Crippen molar-refractivity contribution in [2.24, 2.45) is 0 Å². The van der Waals surface area contributed by atoms with Gasteiger partial charge in [0.05, 0.1) is 18.9 Å². The number of nitrogens with zero attached hydrogens (tertiary/aromatic N) is 2. The SMILES string of the molecule is CCCN1CCc2[nH]nc(-c3ccc(OC(C)C)c(OC)c3)c2C1. The maximum absolute atomic E-state index is 5.81. The molecule has 0 aliphatic carbocycles. The van der Waals surface area contributed by atoms with Gasteiger partial charge in [-0.05, 0) is 45.0 Å². The molecule has 2 heterocycles. The second-order valence-electron chi connectivity index (χ2n) is 6.59. The van der Waals surface area contributed by atoms with Gasteiger partial charge in [-0.3, -0.25) is 10.00 Å². The summed E-state index contributed by atoms with van der Waals surface area (Å²) in [6, 6.07) is 6.06. The number of aromatic amines is 1. The molecule has 1 aromatic heterocycles. The summed E-state index contributed by atoms with van der Waals surface area (Å²) in [5.41, 5.74) is 4.67. The van der Waals surface area contributed by atoms with Crippen LogP contribution in [0.3, 0.4) is 0 Å². The van der Waals surface area contributed by atoms with Crippen molar-refractivity contribution in [2.45, 2.75) is 46.3 Å². The largest absolute Gasteiger partial charge is 0.493 e. The van der Waals surface area contributed by atoms with Crippen molar-refractivity contribution in [3.8, 4) is 22.8 Å². The van der Waals surface area contributed by atoms with E-state index in [1.807, 2.05) is 26.0 Å². The molecule has 1 aromatic carbocycles. The lowest BCUT2D eigenvalue weighted by Crippen LogP contribution is -2.31. The van der Waals surface area contributed by atoms with E-state index in [0.29, 0.717) is 0 Å². The van der Waals surface area contributed by atoms with E-state index in [1.165, 1.54) is 17.7 Å². The number of hydrogen-bond acceptors (Lipinski definition) is 4. The quantitative estimate of drug-likeness (QED) is 0.879. The zero-order valence-electron chi connectivity index (χ0n) is 15.1. The fourth-order valence-electron chi connectivity index (χ4n) is 3.26. The Kier molecular flexibility index (Phi) is 5.09. The number of benzene rings is 1. The van der Waals surface area contributed by atoms with E-state index in [4.69, 9.17) is 9.47 Å². The van der Waals surface area contributed by atoms with Crippen LogP contribution in [0.4, 0.5) is 0 Å². The van der Waals surface area contributed by atoms with Gasteiger partial charge < -0.3 is 9.47 Å². The summed E-state index contributed by atoms with van der Waals surface area (Å²) < 4.78 is 11.3. The Morgan fingerprint density at radius 3 is 2.83 bits per heavy atom. The van der Waals surface area contributed by atoms with E-state index in [1.54, 1.807) is 7.11 Å². The summed E-state index contributed by atoms with van der Waals surface area (Å²) in [4.78, 5) is 2.49. The van der Waals surface area contributed by atoms with Crippen molar-refractivity contribution < 1.29 is 9.47 Å². The topological polar surface area (TPSA) is 50.4 Å². The summed E-state index contributed by atoms with van der Waals surface area (Å²) >= 11 is 0. The van der Waals surface area contributed by atoms with E-state index in [9.17, 15) is 0 Å². The van der Waals surface area contributed by atoms with Gasteiger partial charge in [0, 0.05) is 36.3 Å². The summed E-state index contributed by atoms with van der Waals surface area (Å²) in [7, 11) is 1.68. The van der Waals surface area contributed by atoms with E-state index in [0.717, 1.165) is 48.8 Å². The maximum atomic E-state index is 5.81. The molecular formula is C19H27N3O2. The molecule has 0 saturated carbocycles. The molecule has 0 spiro atoms. The second kappa shape index (κ2) is 7.26. The second-order valence-corrected chi connectivity index (χ2v) is 6.59. The molecule has 0 unspecified atom stereocenters. The zero-order chi connectivity index (χ0) is 17.1. The van der Waals surface area contributed by atoms with Gasteiger partial charge in [-0.1, -0.05) is 6.92 Å². The van der Waals surface area contributed by atoms with Crippen LogP contribution in [0.15, 0.2) is 18.2 Å². The minimum absolute atomic E-state index is 0.116. The number of ether oxygens (including phenoxy) is 2. The van der Waals surface area contributed by atoms with Crippen LogP contribution in [0, 0.1) is 0 Å². The number of nitrogens with one attached hydrogen (secondary N) is 1. The molecule has 0 atom stereocenters. The number of fused-ring (bicyclic) bond motifs is 1. The van der Waals surface area contributed by atoms with Crippen molar-refractivity contribution in [3.63, 3.8) is 0 Å². The summed E-state index contributed by atoms with van der Waals surface area (Å²) in [6.07, 6.45) is 2.33. The monoisotopic (exact) mass is 329 g/mol. The van der Waals surface area contributed by atoms with Crippen LogP contribution in [0.5, 0.6) is 11.5 Å². The Hall–Kier alpha value is -2.01. The number of aromatic nitrogens is 2. The minimum atomic E-state index is 0.116. The van der Waals surface area contributed by atoms with Crippen LogP contribution in [0.2, 0.25) is 0 Å². The molecule has 1 N–H and O–H groups in total. The molecule has 0 amide bonds. The molecular weight excluding hydrogens is 302 g/mol. The van der Waals surface area contributed by atoms with Crippen LogP contribution >= 0.6 is 0 Å². The molecule has 0 saturated heterocycles. The van der Waals surface area contributed by atoms with Gasteiger partial charge in [0.25, 0.3) is 0 Å². The van der Waals surface area contributed by atoms with Crippen molar-refractivity contribution in [1.29, 1.82) is 0 Å². The molecule has 1 aliphatic rings. The van der Waals surface area contributed by atoms with E-state index >= 15 is 0 Å². The highest BCUT2D eigenvalue weighted by molar-refractivity contribution is 5.68.